The van der Waals surface area contributed by atoms with Gasteiger partial charge in [-0.25, -0.2) is 9.67 Å². The molecule has 0 saturated carbocycles. The molecule has 1 aromatic heterocycles. The van der Waals surface area contributed by atoms with Crippen LogP contribution in [0, 0.1) is 5.92 Å². The van der Waals surface area contributed by atoms with E-state index in [1.165, 1.54) is 6.33 Å². The maximum absolute atomic E-state index is 12.6. The molecule has 0 aliphatic carbocycles. The Morgan fingerprint density at radius 2 is 1.86 bits per heavy atom. The molecule has 1 aliphatic heterocycles. The number of carbonyl (C=O) groups is 2. The predicted octanol–water partition coefficient (Wildman–Crippen LogP) is 1.95. The van der Waals surface area contributed by atoms with Crippen molar-refractivity contribution in [1.82, 2.24) is 20.1 Å². The molecule has 2 amide bonds. The zero-order chi connectivity index (χ0) is 20.2. The largest absolute Gasteiger partial charge is 0.497 e. The molecule has 8 nitrogen and oxygen atoms in total. The van der Waals surface area contributed by atoms with Crippen molar-refractivity contribution in [2.45, 2.75) is 13.0 Å². The summed E-state index contributed by atoms with van der Waals surface area (Å²) in [7, 11) is 1.60. The molecule has 4 rings (SSSR count). The van der Waals surface area contributed by atoms with Gasteiger partial charge in [0.05, 0.1) is 18.7 Å². The summed E-state index contributed by atoms with van der Waals surface area (Å²) in [5.41, 5.74) is 2.64. The standard InChI is InChI=1S/C21H21N5O3/c1-29-19-8-6-17(7-9-19)25-12-16(10-20(25)27)21(28)23-11-15-2-4-18(5-3-15)26-14-22-13-24-26/h2-9,13-14,16H,10-12H2,1H3,(H,23,28). The van der Waals surface area contributed by atoms with Gasteiger partial charge in [0.25, 0.3) is 0 Å². The Hall–Kier alpha value is -3.68. The van der Waals surface area contributed by atoms with Crippen molar-refractivity contribution >= 4 is 17.5 Å². The van der Waals surface area contributed by atoms with Crippen LogP contribution in [0.2, 0.25) is 0 Å². The zero-order valence-electron chi connectivity index (χ0n) is 16.0. The van der Waals surface area contributed by atoms with E-state index in [2.05, 4.69) is 15.4 Å². The van der Waals surface area contributed by atoms with Crippen LogP contribution in [0.25, 0.3) is 5.69 Å². The minimum Gasteiger partial charge on any atom is -0.497 e. The normalized spacial score (nSPS) is 16.1. The van der Waals surface area contributed by atoms with E-state index in [1.54, 1.807) is 35.2 Å². The van der Waals surface area contributed by atoms with E-state index in [0.717, 1.165) is 22.7 Å². The highest BCUT2D eigenvalue weighted by Crippen LogP contribution is 2.27. The molecule has 8 heteroatoms. The van der Waals surface area contributed by atoms with Gasteiger partial charge < -0.3 is 15.0 Å². The molecule has 1 fully saturated rings. The number of rotatable bonds is 6. The number of anilines is 1. The van der Waals surface area contributed by atoms with E-state index in [1.807, 2.05) is 36.4 Å². The molecular weight excluding hydrogens is 370 g/mol. The van der Waals surface area contributed by atoms with Crippen LogP contribution in [0.4, 0.5) is 5.69 Å². The lowest BCUT2D eigenvalue weighted by Gasteiger charge is -2.17. The van der Waals surface area contributed by atoms with Gasteiger partial charge in [-0.2, -0.15) is 5.10 Å². The molecule has 1 N–H and O–H groups in total. The van der Waals surface area contributed by atoms with Gasteiger partial charge in [-0.15, -0.1) is 0 Å². The van der Waals surface area contributed by atoms with Crippen LogP contribution >= 0.6 is 0 Å². The summed E-state index contributed by atoms with van der Waals surface area (Å²) >= 11 is 0. The second-order valence-corrected chi connectivity index (χ2v) is 6.83. The van der Waals surface area contributed by atoms with Crippen LogP contribution in [0.1, 0.15) is 12.0 Å². The Labute approximate surface area is 168 Å². The molecule has 2 aromatic carbocycles. The maximum Gasteiger partial charge on any atom is 0.227 e. The van der Waals surface area contributed by atoms with E-state index >= 15 is 0 Å². The van der Waals surface area contributed by atoms with E-state index in [9.17, 15) is 9.59 Å². The minimum atomic E-state index is -0.362. The predicted molar refractivity (Wildman–Crippen MR) is 107 cm³/mol. The molecule has 1 saturated heterocycles. The fourth-order valence-corrected chi connectivity index (χ4v) is 3.34. The smallest absolute Gasteiger partial charge is 0.227 e. The highest BCUT2D eigenvalue weighted by atomic mass is 16.5. The summed E-state index contributed by atoms with van der Waals surface area (Å²) in [4.78, 5) is 30.5. The highest BCUT2D eigenvalue weighted by molar-refractivity contribution is 6.00. The monoisotopic (exact) mass is 391 g/mol. The Morgan fingerprint density at radius 3 is 2.52 bits per heavy atom. The molecule has 0 spiro atoms. The summed E-state index contributed by atoms with van der Waals surface area (Å²) in [6, 6.07) is 15.0. The van der Waals surface area contributed by atoms with E-state index in [4.69, 9.17) is 4.74 Å². The number of aromatic nitrogens is 3. The van der Waals surface area contributed by atoms with Crippen molar-refractivity contribution < 1.29 is 14.3 Å². The average Bonchev–Trinajstić information content (AvgIpc) is 3.43. The highest BCUT2D eigenvalue weighted by Gasteiger charge is 2.34. The third-order valence-corrected chi connectivity index (χ3v) is 4.97. The Bertz CT molecular complexity index is 984. The SMILES string of the molecule is COc1ccc(N2CC(C(=O)NCc3ccc(-n4cncn4)cc3)CC2=O)cc1. The van der Waals surface area contributed by atoms with Gasteiger partial charge in [0.1, 0.15) is 18.4 Å². The van der Waals surface area contributed by atoms with Gasteiger partial charge in [-0.1, -0.05) is 12.1 Å². The zero-order valence-corrected chi connectivity index (χ0v) is 16.0. The Morgan fingerprint density at radius 1 is 1.14 bits per heavy atom. The summed E-state index contributed by atoms with van der Waals surface area (Å²) in [5, 5.41) is 7.02. The lowest BCUT2D eigenvalue weighted by atomic mass is 10.1. The molecule has 0 radical (unpaired) electrons. The van der Waals surface area contributed by atoms with E-state index in [0.29, 0.717) is 13.1 Å². The van der Waals surface area contributed by atoms with Crippen molar-refractivity contribution in [3.05, 3.63) is 66.7 Å². The van der Waals surface area contributed by atoms with Gasteiger partial charge in [0.2, 0.25) is 11.8 Å². The van der Waals surface area contributed by atoms with Gasteiger partial charge in [0, 0.05) is 25.2 Å². The lowest BCUT2D eigenvalue weighted by Crippen LogP contribution is -2.32. The molecule has 148 valence electrons. The number of nitrogens with one attached hydrogen (secondary N) is 1. The fraction of sp³-hybridized carbons (Fsp3) is 0.238. The van der Waals surface area contributed by atoms with Crippen LogP contribution < -0.4 is 15.0 Å². The molecule has 1 atom stereocenters. The second kappa shape index (κ2) is 8.14. The number of methoxy groups -OCH3 is 1. The van der Waals surface area contributed by atoms with Gasteiger partial charge in [0.15, 0.2) is 0 Å². The number of hydrogen-bond donors (Lipinski definition) is 1. The molecule has 3 aromatic rings. The Balaban J connectivity index is 1.33. The third kappa shape index (κ3) is 4.11. The summed E-state index contributed by atoms with van der Waals surface area (Å²) in [6.45, 7) is 0.784. The van der Waals surface area contributed by atoms with E-state index < -0.39 is 0 Å². The molecule has 29 heavy (non-hydrogen) atoms. The fourth-order valence-electron chi connectivity index (χ4n) is 3.34. The molecular formula is C21H21N5O3. The van der Waals surface area contributed by atoms with Crippen molar-refractivity contribution in [3.63, 3.8) is 0 Å². The minimum absolute atomic E-state index is 0.0486. The van der Waals surface area contributed by atoms with Crippen LogP contribution in [0.3, 0.4) is 0 Å². The summed E-state index contributed by atoms with van der Waals surface area (Å²) in [6.07, 6.45) is 3.32. The van der Waals surface area contributed by atoms with Gasteiger partial charge in [-0.05, 0) is 42.0 Å². The third-order valence-electron chi connectivity index (χ3n) is 4.97. The summed E-state index contributed by atoms with van der Waals surface area (Å²) in [5.74, 6) is 0.200. The number of nitrogens with zero attached hydrogens (tertiary/aromatic N) is 4. The van der Waals surface area contributed by atoms with Crippen LogP contribution in [0.15, 0.2) is 61.2 Å². The van der Waals surface area contributed by atoms with Gasteiger partial charge >= 0.3 is 0 Å². The Kier molecular flexibility index (Phi) is 5.24. The number of carbonyl (C=O) groups excluding carboxylic acids is 2. The van der Waals surface area contributed by atoms with Crippen molar-refractivity contribution in [1.29, 1.82) is 0 Å². The molecule has 0 bridgehead atoms. The van der Waals surface area contributed by atoms with E-state index in [-0.39, 0.29) is 24.2 Å². The first kappa shape index (κ1) is 18.7. The van der Waals surface area contributed by atoms with Crippen LogP contribution in [-0.2, 0) is 16.1 Å². The lowest BCUT2D eigenvalue weighted by molar-refractivity contribution is -0.126. The maximum atomic E-state index is 12.6. The number of benzene rings is 2. The first-order valence-electron chi connectivity index (χ1n) is 9.30. The van der Waals surface area contributed by atoms with Crippen LogP contribution in [0.5, 0.6) is 5.75 Å². The molecule has 2 heterocycles. The topological polar surface area (TPSA) is 89.3 Å². The molecule has 1 aliphatic rings. The first-order chi connectivity index (χ1) is 14.1. The van der Waals surface area contributed by atoms with Crippen molar-refractivity contribution in [3.8, 4) is 11.4 Å². The average molecular weight is 391 g/mol. The van der Waals surface area contributed by atoms with Crippen molar-refractivity contribution in [2.75, 3.05) is 18.6 Å². The number of amides is 2. The van der Waals surface area contributed by atoms with Crippen LogP contribution in [-0.4, -0.2) is 40.2 Å². The quantitative estimate of drug-likeness (QED) is 0.694. The number of hydrogen-bond acceptors (Lipinski definition) is 5. The first-order valence-corrected chi connectivity index (χ1v) is 9.30. The van der Waals surface area contributed by atoms with Gasteiger partial charge in [-0.3, -0.25) is 9.59 Å². The summed E-state index contributed by atoms with van der Waals surface area (Å²) < 4.78 is 6.81. The number of ether oxygens (including phenoxy) is 1. The molecule has 1 unspecified atom stereocenters. The van der Waals surface area contributed by atoms with Crippen molar-refractivity contribution in [2.24, 2.45) is 5.92 Å². The second-order valence-electron chi connectivity index (χ2n) is 6.83.